The molecule has 120 valence electrons. The Bertz CT molecular complexity index is 846. The highest BCUT2D eigenvalue weighted by atomic mass is 15.3. The second kappa shape index (κ2) is 6.10. The highest BCUT2D eigenvalue weighted by Crippen LogP contribution is 2.43. The molecule has 0 spiro atoms. The molecule has 1 aliphatic carbocycles. The van der Waals surface area contributed by atoms with Crippen LogP contribution in [0.15, 0.2) is 67.4 Å². The minimum atomic E-state index is 0.236. The molecule has 3 nitrogen and oxygen atoms in total. The molecule has 0 aliphatic heterocycles. The van der Waals surface area contributed by atoms with E-state index in [-0.39, 0.29) is 6.04 Å². The molecule has 1 N–H and O–H groups in total. The molecule has 0 saturated heterocycles. The van der Waals surface area contributed by atoms with Gasteiger partial charge in [0.2, 0.25) is 0 Å². The van der Waals surface area contributed by atoms with Crippen molar-refractivity contribution < 1.29 is 0 Å². The Hall–Kier alpha value is -2.65. The number of nitrogens with zero attached hydrogens (tertiary/aromatic N) is 2. The molecule has 1 heterocycles. The van der Waals surface area contributed by atoms with Gasteiger partial charge in [0.25, 0.3) is 0 Å². The van der Waals surface area contributed by atoms with Gasteiger partial charge in [-0.05, 0) is 29.2 Å². The first-order chi connectivity index (χ1) is 11.8. The molecule has 1 aliphatic rings. The fraction of sp³-hybridized carbons (Fsp3) is 0.190. The SMILES string of the molecule is C=CCn1cc(CNC2c3ccccc3-c3ccccc32)c(C)n1. The summed E-state index contributed by atoms with van der Waals surface area (Å²) in [5.41, 5.74) is 7.70. The van der Waals surface area contributed by atoms with Crippen molar-refractivity contribution in [3.05, 3.63) is 89.8 Å². The number of nitrogens with one attached hydrogen (secondary N) is 1. The summed E-state index contributed by atoms with van der Waals surface area (Å²) in [5.74, 6) is 0. The third-order valence-electron chi connectivity index (χ3n) is 4.69. The van der Waals surface area contributed by atoms with Gasteiger partial charge in [-0.3, -0.25) is 4.68 Å². The quantitative estimate of drug-likeness (QED) is 0.714. The summed E-state index contributed by atoms with van der Waals surface area (Å²) in [5, 5.41) is 8.27. The van der Waals surface area contributed by atoms with E-state index in [2.05, 4.69) is 78.6 Å². The lowest BCUT2D eigenvalue weighted by Crippen LogP contribution is -2.20. The van der Waals surface area contributed by atoms with Crippen LogP contribution in [0.3, 0.4) is 0 Å². The minimum absolute atomic E-state index is 0.236. The van der Waals surface area contributed by atoms with Gasteiger partial charge < -0.3 is 5.32 Å². The Kier molecular flexibility index (Phi) is 3.79. The first-order valence-corrected chi connectivity index (χ1v) is 8.33. The number of hydrogen-bond acceptors (Lipinski definition) is 2. The first kappa shape index (κ1) is 14.9. The van der Waals surface area contributed by atoms with E-state index in [1.165, 1.54) is 27.8 Å². The molecule has 0 amide bonds. The Labute approximate surface area is 142 Å². The van der Waals surface area contributed by atoms with Gasteiger partial charge in [-0.1, -0.05) is 54.6 Å². The van der Waals surface area contributed by atoms with Crippen LogP contribution >= 0.6 is 0 Å². The van der Waals surface area contributed by atoms with E-state index in [4.69, 9.17) is 0 Å². The van der Waals surface area contributed by atoms with Crippen LogP contribution < -0.4 is 5.32 Å². The molecule has 3 aromatic rings. The van der Waals surface area contributed by atoms with E-state index in [9.17, 15) is 0 Å². The molecule has 0 saturated carbocycles. The van der Waals surface area contributed by atoms with E-state index in [0.29, 0.717) is 0 Å². The Balaban J connectivity index is 1.62. The van der Waals surface area contributed by atoms with Crippen LogP contribution in [0.1, 0.15) is 28.4 Å². The van der Waals surface area contributed by atoms with Gasteiger partial charge in [0, 0.05) is 18.3 Å². The molecule has 0 atom stereocenters. The van der Waals surface area contributed by atoms with E-state index in [0.717, 1.165) is 18.8 Å². The van der Waals surface area contributed by atoms with Crippen LogP contribution in [0.5, 0.6) is 0 Å². The summed E-state index contributed by atoms with van der Waals surface area (Å²) < 4.78 is 1.94. The highest BCUT2D eigenvalue weighted by Gasteiger charge is 2.27. The van der Waals surface area contributed by atoms with E-state index >= 15 is 0 Å². The third-order valence-corrected chi connectivity index (χ3v) is 4.69. The molecule has 0 unspecified atom stereocenters. The van der Waals surface area contributed by atoms with Crippen LogP contribution in [0.2, 0.25) is 0 Å². The summed E-state index contributed by atoms with van der Waals surface area (Å²) in [4.78, 5) is 0. The Morgan fingerprint density at radius 2 is 1.71 bits per heavy atom. The van der Waals surface area contributed by atoms with Crippen LogP contribution in [-0.2, 0) is 13.1 Å². The van der Waals surface area contributed by atoms with Crippen molar-refractivity contribution in [2.75, 3.05) is 0 Å². The average molecular weight is 315 g/mol. The van der Waals surface area contributed by atoms with Crippen molar-refractivity contribution in [2.45, 2.75) is 26.1 Å². The molecule has 0 bridgehead atoms. The van der Waals surface area contributed by atoms with Gasteiger partial charge in [-0.2, -0.15) is 5.10 Å². The largest absolute Gasteiger partial charge is 0.302 e. The number of aryl methyl sites for hydroxylation is 1. The molecule has 0 fully saturated rings. The maximum Gasteiger partial charge on any atom is 0.0638 e. The summed E-state index contributed by atoms with van der Waals surface area (Å²) in [6.07, 6.45) is 3.98. The zero-order chi connectivity index (χ0) is 16.5. The smallest absolute Gasteiger partial charge is 0.0638 e. The van der Waals surface area contributed by atoms with Gasteiger partial charge in [0.05, 0.1) is 18.3 Å². The van der Waals surface area contributed by atoms with Crippen LogP contribution in [0.4, 0.5) is 0 Å². The zero-order valence-corrected chi connectivity index (χ0v) is 13.9. The normalized spacial score (nSPS) is 12.9. The summed E-state index contributed by atoms with van der Waals surface area (Å²) >= 11 is 0. The number of allylic oxidation sites excluding steroid dienone is 1. The maximum absolute atomic E-state index is 4.54. The number of aromatic nitrogens is 2. The third kappa shape index (κ3) is 2.47. The second-order valence-electron chi connectivity index (χ2n) is 6.24. The lowest BCUT2D eigenvalue weighted by molar-refractivity contribution is 0.613. The highest BCUT2D eigenvalue weighted by molar-refractivity contribution is 5.78. The molecule has 1 aromatic heterocycles. The van der Waals surface area contributed by atoms with Crippen LogP contribution in [0.25, 0.3) is 11.1 Å². The van der Waals surface area contributed by atoms with Crippen molar-refractivity contribution >= 4 is 0 Å². The van der Waals surface area contributed by atoms with Crippen LogP contribution in [-0.4, -0.2) is 9.78 Å². The summed E-state index contributed by atoms with van der Waals surface area (Å²) in [7, 11) is 0. The predicted molar refractivity (Wildman–Crippen MR) is 97.7 cm³/mol. The van der Waals surface area contributed by atoms with Crippen LogP contribution in [0, 0.1) is 6.92 Å². The zero-order valence-electron chi connectivity index (χ0n) is 13.9. The first-order valence-electron chi connectivity index (χ1n) is 8.33. The van der Waals surface area contributed by atoms with Gasteiger partial charge >= 0.3 is 0 Å². The molecular weight excluding hydrogens is 294 g/mol. The van der Waals surface area contributed by atoms with Crippen molar-refractivity contribution in [1.82, 2.24) is 15.1 Å². The molecular formula is C21H21N3. The molecule has 24 heavy (non-hydrogen) atoms. The summed E-state index contributed by atoms with van der Waals surface area (Å²) in [6, 6.07) is 17.6. The molecule has 3 heteroatoms. The topological polar surface area (TPSA) is 29.9 Å². The number of hydrogen-bond donors (Lipinski definition) is 1. The Morgan fingerprint density at radius 1 is 1.08 bits per heavy atom. The van der Waals surface area contributed by atoms with E-state index in [1.54, 1.807) is 0 Å². The summed E-state index contributed by atoms with van der Waals surface area (Å²) in [6.45, 7) is 7.39. The second-order valence-corrected chi connectivity index (χ2v) is 6.24. The standard InChI is InChI=1S/C21H21N3/c1-3-12-24-14-16(15(2)23-24)13-22-21-19-10-6-4-8-17(19)18-9-5-7-11-20(18)21/h3-11,14,21-22H,1,12-13H2,2H3. The fourth-order valence-electron chi connectivity index (χ4n) is 3.55. The number of rotatable bonds is 5. The molecule has 0 radical (unpaired) electrons. The number of fused-ring (bicyclic) bond motifs is 3. The average Bonchev–Trinajstić information content (AvgIpc) is 3.11. The van der Waals surface area contributed by atoms with Crippen molar-refractivity contribution in [1.29, 1.82) is 0 Å². The molecule has 4 rings (SSSR count). The lowest BCUT2D eigenvalue weighted by Gasteiger charge is -2.15. The van der Waals surface area contributed by atoms with Gasteiger partial charge in [-0.15, -0.1) is 6.58 Å². The van der Waals surface area contributed by atoms with E-state index in [1.807, 2.05) is 10.8 Å². The number of benzene rings is 2. The van der Waals surface area contributed by atoms with Crippen molar-refractivity contribution in [3.8, 4) is 11.1 Å². The monoisotopic (exact) mass is 315 g/mol. The van der Waals surface area contributed by atoms with Gasteiger partial charge in [0.15, 0.2) is 0 Å². The minimum Gasteiger partial charge on any atom is -0.302 e. The fourth-order valence-corrected chi connectivity index (χ4v) is 3.55. The molecule has 2 aromatic carbocycles. The lowest BCUT2D eigenvalue weighted by atomic mass is 10.1. The van der Waals surface area contributed by atoms with Gasteiger partial charge in [0.1, 0.15) is 0 Å². The van der Waals surface area contributed by atoms with Crippen molar-refractivity contribution in [2.24, 2.45) is 0 Å². The Morgan fingerprint density at radius 3 is 2.33 bits per heavy atom. The maximum atomic E-state index is 4.54. The predicted octanol–water partition coefficient (Wildman–Crippen LogP) is 4.24. The van der Waals surface area contributed by atoms with Crippen molar-refractivity contribution in [3.63, 3.8) is 0 Å². The van der Waals surface area contributed by atoms with Gasteiger partial charge in [-0.25, -0.2) is 0 Å². The van der Waals surface area contributed by atoms with E-state index < -0.39 is 0 Å².